The summed E-state index contributed by atoms with van der Waals surface area (Å²) in [6.07, 6.45) is 0.928. The number of halogens is 1. The molecule has 0 unspecified atom stereocenters. The lowest BCUT2D eigenvalue weighted by atomic mass is 9.80. The first kappa shape index (κ1) is 16.3. The van der Waals surface area contributed by atoms with Gasteiger partial charge < -0.3 is 16.3 Å². The number of oxime groups is 1. The lowest BCUT2D eigenvalue weighted by Crippen LogP contribution is -2.49. The predicted octanol–water partition coefficient (Wildman–Crippen LogP) is 2.51. The Hall–Kier alpha value is -1.75. The van der Waals surface area contributed by atoms with Gasteiger partial charge in [0.2, 0.25) is 5.91 Å². The molecule has 20 heavy (non-hydrogen) atoms. The normalized spacial score (nSPS) is 12.2. The minimum Gasteiger partial charge on any atom is -0.409 e. The highest BCUT2D eigenvalue weighted by Crippen LogP contribution is 2.27. The summed E-state index contributed by atoms with van der Waals surface area (Å²) < 4.78 is 0. The lowest BCUT2D eigenvalue weighted by Gasteiger charge is -2.28. The summed E-state index contributed by atoms with van der Waals surface area (Å²) in [6.45, 7) is 4.04. The maximum atomic E-state index is 12.4. The van der Waals surface area contributed by atoms with Crippen LogP contribution < -0.4 is 11.1 Å². The molecule has 0 atom stereocenters. The van der Waals surface area contributed by atoms with Gasteiger partial charge in [-0.25, -0.2) is 0 Å². The Kier molecular flexibility index (Phi) is 5.82. The minimum absolute atomic E-state index is 0.0592. The molecule has 6 heteroatoms. The predicted molar refractivity (Wildman–Crippen MR) is 79.7 cm³/mol. The minimum atomic E-state index is -0.971. The van der Waals surface area contributed by atoms with Crippen molar-refractivity contribution in [2.45, 2.75) is 33.2 Å². The average molecular weight is 298 g/mol. The van der Waals surface area contributed by atoms with E-state index in [1.54, 1.807) is 12.1 Å². The molecule has 1 rings (SSSR count). The molecular formula is C14H20ClN3O2. The molecule has 0 bridgehead atoms. The fourth-order valence-electron chi connectivity index (χ4n) is 2.10. The standard InChI is InChI=1S/C14H20ClN3O2/c1-3-14(4-2,12(16)18-20)13(19)17-9-10-5-7-11(15)8-6-10/h5-8,20H,3-4,9H2,1-2H3,(H2,16,18)(H,17,19). The van der Waals surface area contributed by atoms with E-state index in [9.17, 15) is 4.79 Å². The molecule has 1 aromatic rings. The van der Waals surface area contributed by atoms with Gasteiger partial charge >= 0.3 is 0 Å². The van der Waals surface area contributed by atoms with E-state index < -0.39 is 5.41 Å². The first-order valence-electron chi connectivity index (χ1n) is 6.51. The topological polar surface area (TPSA) is 87.7 Å². The zero-order valence-electron chi connectivity index (χ0n) is 11.7. The van der Waals surface area contributed by atoms with Crippen LogP contribution in [0.3, 0.4) is 0 Å². The lowest BCUT2D eigenvalue weighted by molar-refractivity contribution is -0.128. The van der Waals surface area contributed by atoms with Crippen LogP contribution in [0.4, 0.5) is 0 Å². The van der Waals surface area contributed by atoms with Crippen LogP contribution in [0.25, 0.3) is 0 Å². The van der Waals surface area contributed by atoms with Crippen LogP contribution in [0.2, 0.25) is 5.02 Å². The number of carbonyl (C=O) groups excluding carboxylic acids is 1. The van der Waals surface area contributed by atoms with Crippen LogP contribution in [-0.4, -0.2) is 17.0 Å². The summed E-state index contributed by atoms with van der Waals surface area (Å²) >= 11 is 5.80. The summed E-state index contributed by atoms with van der Waals surface area (Å²) in [7, 11) is 0. The Morgan fingerprint density at radius 3 is 2.35 bits per heavy atom. The highest BCUT2D eigenvalue weighted by Gasteiger charge is 2.39. The highest BCUT2D eigenvalue weighted by atomic mass is 35.5. The second kappa shape index (κ2) is 7.14. The zero-order chi connectivity index (χ0) is 15.2. The molecule has 0 aliphatic carbocycles. The number of nitrogens with zero attached hydrogens (tertiary/aromatic N) is 1. The highest BCUT2D eigenvalue weighted by molar-refractivity contribution is 6.30. The molecule has 0 aliphatic rings. The number of carbonyl (C=O) groups is 1. The summed E-state index contributed by atoms with van der Waals surface area (Å²) in [5.41, 5.74) is 5.65. The largest absolute Gasteiger partial charge is 0.409 e. The molecule has 110 valence electrons. The van der Waals surface area contributed by atoms with E-state index in [0.29, 0.717) is 24.4 Å². The van der Waals surface area contributed by atoms with Crippen molar-refractivity contribution in [3.8, 4) is 0 Å². The number of hydrogen-bond acceptors (Lipinski definition) is 3. The van der Waals surface area contributed by atoms with Gasteiger partial charge in [-0.05, 0) is 30.5 Å². The first-order chi connectivity index (χ1) is 9.50. The Morgan fingerprint density at radius 2 is 1.90 bits per heavy atom. The van der Waals surface area contributed by atoms with E-state index >= 15 is 0 Å². The second-order valence-electron chi connectivity index (χ2n) is 4.58. The van der Waals surface area contributed by atoms with E-state index in [-0.39, 0.29) is 11.7 Å². The maximum absolute atomic E-state index is 12.4. The molecule has 0 heterocycles. The second-order valence-corrected chi connectivity index (χ2v) is 5.02. The Bertz CT molecular complexity index is 482. The van der Waals surface area contributed by atoms with Gasteiger partial charge in [0.05, 0.1) is 0 Å². The molecule has 0 radical (unpaired) electrons. The van der Waals surface area contributed by atoms with Gasteiger partial charge in [0.15, 0.2) is 5.84 Å². The van der Waals surface area contributed by atoms with Crippen LogP contribution in [-0.2, 0) is 11.3 Å². The fraction of sp³-hybridized carbons (Fsp3) is 0.429. The van der Waals surface area contributed by atoms with Gasteiger partial charge in [-0.15, -0.1) is 0 Å². The molecule has 0 fully saturated rings. The van der Waals surface area contributed by atoms with Crippen molar-refractivity contribution < 1.29 is 10.0 Å². The molecule has 5 nitrogen and oxygen atoms in total. The molecular weight excluding hydrogens is 278 g/mol. The summed E-state index contributed by atoms with van der Waals surface area (Å²) in [4.78, 5) is 12.4. The number of nitrogens with two attached hydrogens (primary N) is 1. The van der Waals surface area contributed by atoms with Crippen molar-refractivity contribution in [1.29, 1.82) is 0 Å². The average Bonchev–Trinajstić information content (AvgIpc) is 2.48. The van der Waals surface area contributed by atoms with Crippen molar-refractivity contribution in [2.75, 3.05) is 0 Å². The molecule has 1 aromatic carbocycles. The number of rotatable bonds is 6. The van der Waals surface area contributed by atoms with E-state index in [2.05, 4.69) is 10.5 Å². The van der Waals surface area contributed by atoms with Crippen LogP contribution in [0.5, 0.6) is 0 Å². The third kappa shape index (κ3) is 3.42. The first-order valence-corrected chi connectivity index (χ1v) is 6.88. The van der Waals surface area contributed by atoms with Gasteiger partial charge in [0.25, 0.3) is 0 Å². The molecule has 0 saturated carbocycles. The molecule has 0 aromatic heterocycles. The van der Waals surface area contributed by atoms with E-state index in [1.165, 1.54) is 0 Å². The van der Waals surface area contributed by atoms with Gasteiger partial charge in [-0.1, -0.05) is 42.7 Å². The Balaban J connectivity index is 2.80. The van der Waals surface area contributed by atoms with Crippen molar-refractivity contribution in [2.24, 2.45) is 16.3 Å². The van der Waals surface area contributed by atoms with Crippen molar-refractivity contribution in [1.82, 2.24) is 5.32 Å². The smallest absolute Gasteiger partial charge is 0.234 e. The van der Waals surface area contributed by atoms with Gasteiger partial charge in [0.1, 0.15) is 5.41 Å². The summed E-state index contributed by atoms with van der Waals surface area (Å²) in [5.74, 6) is -0.302. The number of hydrogen-bond donors (Lipinski definition) is 3. The molecule has 0 aliphatic heterocycles. The number of amides is 1. The van der Waals surface area contributed by atoms with Crippen molar-refractivity contribution >= 4 is 23.3 Å². The third-order valence-electron chi connectivity index (χ3n) is 3.61. The summed E-state index contributed by atoms with van der Waals surface area (Å²) in [5, 5.41) is 15.3. The molecule has 4 N–H and O–H groups in total. The van der Waals surface area contributed by atoms with Gasteiger partial charge in [-0.3, -0.25) is 4.79 Å². The fourth-order valence-corrected chi connectivity index (χ4v) is 2.23. The SMILES string of the molecule is CCC(CC)(C(=O)NCc1ccc(Cl)cc1)C(N)=NO. The quantitative estimate of drug-likeness (QED) is 0.326. The van der Waals surface area contributed by atoms with Crippen LogP contribution in [0.1, 0.15) is 32.3 Å². The van der Waals surface area contributed by atoms with Gasteiger partial charge in [-0.2, -0.15) is 0 Å². The van der Waals surface area contributed by atoms with Crippen molar-refractivity contribution in [3.63, 3.8) is 0 Å². The van der Waals surface area contributed by atoms with E-state index in [4.69, 9.17) is 22.5 Å². The van der Waals surface area contributed by atoms with E-state index in [1.807, 2.05) is 26.0 Å². The monoisotopic (exact) mass is 297 g/mol. The van der Waals surface area contributed by atoms with Crippen LogP contribution >= 0.6 is 11.6 Å². The van der Waals surface area contributed by atoms with Crippen LogP contribution in [0, 0.1) is 5.41 Å². The molecule has 1 amide bonds. The Morgan fingerprint density at radius 1 is 1.35 bits per heavy atom. The zero-order valence-corrected chi connectivity index (χ0v) is 12.4. The van der Waals surface area contributed by atoms with Gasteiger partial charge in [0, 0.05) is 11.6 Å². The Labute approximate surface area is 123 Å². The summed E-state index contributed by atoms with van der Waals surface area (Å²) in [6, 6.07) is 7.20. The molecule has 0 spiro atoms. The number of benzene rings is 1. The van der Waals surface area contributed by atoms with Crippen LogP contribution in [0.15, 0.2) is 29.4 Å². The number of nitrogens with one attached hydrogen (secondary N) is 1. The number of amidine groups is 1. The molecule has 0 saturated heterocycles. The van der Waals surface area contributed by atoms with Crippen molar-refractivity contribution in [3.05, 3.63) is 34.9 Å². The maximum Gasteiger partial charge on any atom is 0.234 e. The third-order valence-corrected chi connectivity index (χ3v) is 3.86. The van der Waals surface area contributed by atoms with E-state index in [0.717, 1.165) is 5.56 Å².